The van der Waals surface area contributed by atoms with E-state index in [1.54, 1.807) is 6.07 Å². The summed E-state index contributed by atoms with van der Waals surface area (Å²) in [5, 5.41) is 0.174. The van der Waals surface area contributed by atoms with Crippen LogP contribution in [0.4, 0.5) is 26.3 Å². The van der Waals surface area contributed by atoms with Crippen LogP contribution < -0.4 is 0 Å². The minimum Gasteiger partial charge on any atom is -0.207 e. The summed E-state index contributed by atoms with van der Waals surface area (Å²) >= 11 is 0. The highest BCUT2D eigenvalue weighted by atomic mass is 19.4. The monoisotopic (exact) mass is 424 g/mol. The van der Waals surface area contributed by atoms with Crippen molar-refractivity contribution in [2.75, 3.05) is 0 Å². The van der Waals surface area contributed by atoms with E-state index in [1.165, 1.54) is 30.3 Å². The molecule has 6 heteroatoms. The van der Waals surface area contributed by atoms with Gasteiger partial charge in [0.25, 0.3) is 0 Å². The van der Waals surface area contributed by atoms with E-state index < -0.39 is 29.2 Å². The molecular weight excluding hydrogens is 402 g/mol. The number of hydrogen-bond acceptors (Lipinski definition) is 0. The Morgan fingerprint density at radius 1 is 0.733 bits per heavy atom. The van der Waals surface area contributed by atoms with E-state index in [4.69, 9.17) is 0 Å². The first-order valence-electron chi connectivity index (χ1n) is 9.96. The Morgan fingerprint density at radius 3 is 2.07 bits per heavy atom. The lowest BCUT2D eigenvalue weighted by Crippen LogP contribution is -2.08. The van der Waals surface area contributed by atoms with Crippen molar-refractivity contribution in [2.45, 2.75) is 51.6 Å². The number of rotatable bonds is 7. The van der Waals surface area contributed by atoms with Crippen LogP contribution in [0.5, 0.6) is 0 Å². The maximum atomic E-state index is 14.4. The van der Waals surface area contributed by atoms with Crippen LogP contribution in [0.15, 0.2) is 42.5 Å². The third-order valence-corrected chi connectivity index (χ3v) is 5.26. The first-order chi connectivity index (χ1) is 14.2. The van der Waals surface area contributed by atoms with Gasteiger partial charge in [0.2, 0.25) is 0 Å². The van der Waals surface area contributed by atoms with Gasteiger partial charge in [-0.15, -0.1) is 0 Å². The summed E-state index contributed by atoms with van der Waals surface area (Å²) in [6.45, 7) is 2.06. The highest BCUT2D eigenvalue weighted by Crippen LogP contribution is 2.34. The highest BCUT2D eigenvalue weighted by molar-refractivity contribution is 5.84. The van der Waals surface area contributed by atoms with Crippen molar-refractivity contribution in [1.82, 2.24) is 0 Å². The van der Waals surface area contributed by atoms with Gasteiger partial charge < -0.3 is 0 Å². The second-order valence-corrected chi connectivity index (χ2v) is 7.48. The van der Waals surface area contributed by atoms with Gasteiger partial charge in [0, 0.05) is 10.9 Å². The van der Waals surface area contributed by atoms with Crippen LogP contribution in [-0.2, 0) is 25.4 Å². The van der Waals surface area contributed by atoms with Crippen LogP contribution in [0.25, 0.3) is 10.8 Å². The fourth-order valence-corrected chi connectivity index (χ4v) is 3.60. The lowest BCUT2D eigenvalue weighted by molar-refractivity contribution is -0.139. The summed E-state index contributed by atoms with van der Waals surface area (Å²) in [5.74, 6) is -2.51. The van der Waals surface area contributed by atoms with Crippen molar-refractivity contribution in [3.8, 4) is 0 Å². The maximum absolute atomic E-state index is 14.4. The molecule has 0 N–H and O–H groups in total. The van der Waals surface area contributed by atoms with Crippen LogP contribution in [0, 0.1) is 17.5 Å². The molecule has 0 heterocycles. The second kappa shape index (κ2) is 9.11. The molecule has 0 aliphatic heterocycles. The zero-order chi connectivity index (χ0) is 21.9. The lowest BCUT2D eigenvalue weighted by Gasteiger charge is -2.11. The molecule has 0 amide bonds. The van der Waals surface area contributed by atoms with Crippen LogP contribution in [-0.4, -0.2) is 0 Å². The highest BCUT2D eigenvalue weighted by Gasteiger charge is 2.34. The fourth-order valence-electron chi connectivity index (χ4n) is 3.60. The zero-order valence-electron chi connectivity index (χ0n) is 16.6. The van der Waals surface area contributed by atoms with Crippen molar-refractivity contribution < 1.29 is 26.3 Å². The molecular formula is C24H22F6. The van der Waals surface area contributed by atoms with Crippen molar-refractivity contribution in [3.63, 3.8) is 0 Å². The molecule has 0 unspecified atom stereocenters. The van der Waals surface area contributed by atoms with Crippen LogP contribution in [0.1, 0.15) is 48.4 Å². The first-order valence-corrected chi connectivity index (χ1v) is 9.96. The third-order valence-electron chi connectivity index (χ3n) is 5.26. The Labute approximate surface area is 171 Å². The number of fused-ring (bicyclic) bond motifs is 1. The average molecular weight is 424 g/mol. The molecule has 0 atom stereocenters. The van der Waals surface area contributed by atoms with Crippen molar-refractivity contribution in [1.29, 1.82) is 0 Å². The van der Waals surface area contributed by atoms with E-state index >= 15 is 0 Å². The van der Waals surface area contributed by atoms with Gasteiger partial charge in [-0.1, -0.05) is 44.0 Å². The maximum Gasteiger partial charge on any atom is 0.419 e. The van der Waals surface area contributed by atoms with Gasteiger partial charge in [0.15, 0.2) is 0 Å². The molecule has 0 saturated carbocycles. The molecule has 0 aliphatic carbocycles. The van der Waals surface area contributed by atoms with Crippen molar-refractivity contribution >= 4 is 10.8 Å². The Balaban J connectivity index is 1.77. The van der Waals surface area contributed by atoms with Gasteiger partial charge in [-0.3, -0.25) is 0 Å². The number of aryl methyl sites for hydroxylation is 2. The summed E-state index contributed by atoms with van der Waals surface area (Å²) in [6.07, 6.45) is -0.872. The van der Waals surface area contributed by atoms with Gasteiger partial charge in [-0.25, -0.2) is 13.2 Å². The quantitative estimate of drug-likeness (QED) is 0.268. The van der Waals surface area contributed by atoms with Gasteiger partial charge in [-0.05, 0) is 60.4 Å². The van der Waals surface area contributed by atoms with Crippen LogP contribution in [0.3, 0.4) is 0 Å². The molecule has 0 nitrogen and oxygen atoms in total. The molecule has 0 spiro atoms. The van der Waals surface area contributed by atoms with Crippen molar-refractivity contribution in [2.24, 2.45) is 0 Å². The minimum absolute atomic E-state index is 0.0204. The lowest BCUT2D eigenvalue weighted by atomic mass is 9.97. The fraction of sp³-hybridized carbons (Fsp3) is 0.333. The summed E-state index contributed by atoms with van der Waals surface area (Å²) in [4.78, 5) is 0. The van der Waals surface area contributed by atoms with E-state index in [1.807, 2.05) is 0 Å². The summed E-state index contributed by atoms with van der Waals surface area (Å²) in [5.41, 5.74) is -0.0461. The normalized spacial score (nSPS) is 12.0. The predicted octanol–water partition coefficient (Wildman–Crippen LogP) is 7.79. The molecule has 3 rings (SSSR count). The molecule has 3 aromatic rings. The number of alkyl halides is 3. The SMILES string of the molecule is CCCCCc1cc(F)c(CCc2ccc3c(F)c(C(F)(F)F)ccc3c2)c(F)c1. The molecule has 0 aromatic heterocycles. The molecule has 0 bridgehead atoms. The Morgan fingerprint density at radius 2 is 1.43 bits per heavy atom. The third kappa shape index (κ3) is 4.97. The first kappa shape index (κ1) is 22.2. The Bertz CT molecular complexity index is 1010. The number of benzene rings is 3. The van der Waals surface area contributed by atoms with E-state index in [-0.39, 0.29) is 23.8 Å². The summed E-state index contributed by atoms with van der Waals surface area (Å²) in [6, 6.07) is 8.95. The molecule has 160 valence electrons. The summed E-state index contributed by atoms with van der Waals surface area (Å²) in [7, 11) is 0. The van der Waals surface area contributed by atoms with Gasteiger partial charge in [0.05, 0.1) is 5.56 Å². The summed E-state index contributed by atoms with van der Waals surface area (Å²) < 4.78 is 81.5. The topological polar surface area (TPSA) is 0 Å². The largest absolute Gasteiger partial charge is 0.419 e. The van der Waals surface area contributed by atoms with Gasteiger partial charge >= 0.3 is 6.18 Å². The Kier molecular flexibility index (Phi) is 6.74. The molecule has 0 aliphatic rings. The number of unbranched alkanes of at least 4 members (excludes halogenated alkanes) is 2. The number of hydrogen-bond donors (Lipinski definition) is 0. The molecule has 0 radical (unpaired) electrons. The molecule has 0 fully saturated rings. The predicted molar refractivity (Wildman–Crippen MR) is 106 cm³/mol. The molecule has 30 heavy (non-hydrogen) atoms. The van der Waals surface area contributed by atoms with Crippen LogP contribution in [0.2, 0.25) is 0 Å². The van der Waals surface area contributed by atoms with Gasteiger partial charge in [0.1, 0.15) is 17.5 Å². The standard InChI is InChI=1S/C24H22F6/c1-2-3-4-5-16-13-21(25)19(22(26)14-16)10-7-15-6-9-18-17(12-15)8-11-20(23(18)27)24(28,29)30/h6,8-9,11-14H,2-5,7,10H2,1H3. The van der Waals surface area contributed by atoms with E-state index in [0.29, 0.717) is 29.0 Å². The Hall–Kier alpha value is -2.50. The van der Waals surface area contributed by atoms with Crippen LogP contribution >= 0.6 is 0 Å². The average Bonchev–Trinajstić information content (AvgIpc) is 2.66. The van der Waals surface area contributed by atoms with Gasteiger partial charge in [-0.2, -0.15) is 13.2 Å². The molecule has 0 saturated heterocycles. The van der Waals surface area contributed by atoms with E-state index in [0.717, 1.165) is 19.3 Å². The van der Waals surface area contributed by atoms with E-state index in [2.05, 4.69) is 6.92 Å². The molecule has 3 aromatic carbocycles. The number of halogens is 6. The second-order valence-electron chi connectivity index (χ2n) is 7.48. The zero-order valence-corrected chi connectivity index (χ0v) is 16.6. The minimum atomic E-state index is -4.77. The van der Waals surface area contributed by atoms with Crippen molar-refractivity contribution in [3.05, 3.63) is 82.2 Å². The van der Waals surface area contributed by atoms with E-state index in [9.17, 15) is 26.3 Å². The smallest absolute Gasteiger partial charge is 0.207 e.